The molecule has 2 heterocycles. The standard InChI is InChI=1S/C10H9NO3S/c12-9(13)4-3-7-10(15-6-11-7)8-2-1-5-14-8/h1-2,5-6H,3-4H2,(H,12,13). The van der Waals surface area contributed by atoms with Crippen LogP contribution in [0.15, 0.2) is 28.3 Å². The molecule has 2 rings (SSSR count). The fourth-order valence-corrected chi connectivity index (χ4v) is 2.09. The predicted molar refractivity (Wildman–Crippen MR) is 55.8 cm³/mol. The molecule has 0 radical (unpaired) electrons. The van der Waals surface area contributed by atoms with Crippen molar-refractivity contribution in [1.82, 2.24) is 4.98 Å². The van der Waals surface area contributed by atoms with Crippen LogP contribution >= 0.6 is 11.3 Å². The molecule has 0 aromatic carbocycles. The number of aromatic nitrogens is 1. The molecule has 0 amide bonds. The number of aliphatic carboxylic acids is 1. The van der Waals surface area contributed by atoms with Crippen LogP contribution in [-0.4, -0.2) is 16.1 Å². The normalized spacial score (nSPS) is 10.4. The van der Waals surface area contributed by atoms with Crippen LogP contribution in [0, 0.1) is 0 Å². The van der Waals surface area contributed by atoms with E-state index in [9.17, 15) is 4.79 Å². The number of furan rings is 1. The minimum atomic E-state index is -0.812. The number of carboxylic acid groups (broad SMARTS) is 1. The van der Waals surface area contributed by atoms with E-state index in [-0.39, 0.29) is 6.42 Å². The van der Waals surface area contributed by atoms with Gasteiger partial charge in [-0.05, 0) is 12.1 Å². The third kappa shape index (κ3) is 2.24. The lowest BCUT2D eigenvalue weighted by Gasteiger charge is -1.96. The number of aryl methyl sites for hydroxylation is 1. The zero-order valence-corrected chi connectivity index (χ0v) is 8.66. The van der Waals surface area contributed by atoms with Crippen molar-refractivity contribution in [3.05, 3.63) is 29.6 Å². The van der Waals surface area contributed by atoms with Crippen molar-refractivity contribution in [3.8, 4) is 10.6 Å². The van der Waals surface area contributed by atoms with E-state index >= 15 is 0 Å². The summed E-state index contributed by atoms with van der Waals surface area (Å²) in [7, 11) is 0. The first-order valence-corrected chi connectivity index (χ1v) is 5.33. The van der Waals surface area contributed by atoms with E-state index in [4.69, 9.17) is 9.52 Å². The molecule has 2 aromatic rings. The fraction of sp³-hybridized carbons (Fsp3) is 0.200. The van der Waals surface area contributed by atoms with Crippen LogP contribution in [0.2, 0.25) is 0 Å². The minimum Gasteiger partial charge on any atom is -0.481 e. The molecular weight excluding hydrogens is 214 g/mol. The van der Waals surface area contributed by atoms with Gasteiger partial charge in [-0.15, -0.1) is 11.3 Å². The number of rotatable bonds is 4. The van der Waals surface area contributed by atoms with E-state index in [2.05, 4.69) is 4.98 Å². The molecule has 0 saturated carbocycles. The van der Waals surface area contributed by atoms with Crippen LogP contribution in [0.1, 0.15) is 12.1 Å². The van der Waals surface area contributed by atoms with Crippen LogP contribution in [0.3, 0.4) is 0 Å². The summed E-state index contributed by atoms with van der Waals surface area (Å²) in [6, 6.07) is 3.65. The summed E-state index contributed by atoms with van der Waals surface area (Å²) < 4.78 is 5.25. The van der Waals surface area contributed by atoms with Crippen molar-refractivity contribution in [3.63, 3.8) is 0 Å². The number of hydrogen-bond acceptors (Lipinski definition) is 4. The van der Waals surface area contributed by atoms with Crippen LogP contribution in [0.4, 0.5) is 0 Å². The first-order chi connectivity index (χ1) is 7.27. The van der Waals surface area contributed by atoms with Gasteiger partial charge in [0.25, 0.3) is 0 Å². The Bertz CT molecular complexity index is 447. The van der Waals surface area contributed by atoms with Crippen LogP contribution < -0.4 is 0 Å². The van der Waals surface area contributed by atoms with Gasteiger partial charge in [0.1, 0.15) is 5.76 Å². The van der Waals surface area contributed by atoms with E-state index in [1.807, 2.05) is 6.07 Å². The maximum Gasteiger partial charge on any atom is 0.303 e. The SMILES string of the molecule is O=C(O)CCc1ncsc1-c1ccco1. The van der Waals surface area contributed by atoms with Crippen molar-refractivity contribution in [2.24, 2.45) is 0 Å². The van der Waals surface area contributed by atoms with Gasteiger partial charge >= 0.3 is 5.97 Å². The molecule has 15 heavy (non-hydrogen) atoms. The molecular formula is C10H9NO3S. The molecule has 0 spiro atoms. The van der Waals surface area contributed by atoms with Crippen molar-refractivity contribution in [2.45, 2.75) is 12.8 Å². The van der Waals surface area contributed by atoms with Gasteiger partial charge in [0.2, 0.25) is 0 Å². The molecule has 4 nitrogen and oxygen atoms in total. The summed E-state index contributed by atoms with van der Waals surface area (Å²) in [4.78, 5) is 15.5. The summed E-state index contributed by atoms with van der Waals surface area (Å²) in [5.74, 6) is -0.0636. The molecule has 2 aromatic heterocycles. The molecule has 0 aliphatic heterocycles. The van der Waals surface area contributed by atoms with Crippen LogP contribution in [0.5, 0.6) is 0 Å². The quantitative estimate of drug-likeness (QED) is 0.864. The predicted octanol–water partition coefficient (Wildman–Crippen LogP) is 2.42. The smallest absolute Gasteiger partial charge is 0.303 e. The van der Waals surface area contributed by atoms with Gasteiger partial charge in [-0.1, -0.05) is 0 Å². The summed E-state index contributed by atoms with van der Waals surface area (Å²) in [5, 5.41) is 8.59. The van der Waals surface area contributed by atoms with Gasteiger partial charge < -0.3 is 9.52 Å². The van der Waals surface area contributed by atoms with Gasteiger partial charge in [0.05, 0.1) is 28.8 Å². The molecule has 0 aliphatic rings. The van der Waals surface area contributed by atoms with Crippen LogP contribution in [-0.2, 0) is 11.2 Å². The lowest BCUT2D eigenvalue weighted by atomic mass is 10.2. The topological polar surface area (TPSA) is 63.3 Å². The Hall–Kier alpha value is -1.62. The van der Waals surface area contributed by atoms with E-state index < -0.39 is 5.97 Å². The molecule has 1 N–H and O–H groups in total. The molecule has 0 atom stereocenters. The highest BCUT2D eigenvalue weighted by Gasteiger charge is 2.11. The number of carboxylic acids is 1. The third-order valence-corrected chi connectivity index (χ3v) is 2.85. The van der Waals surface area contributed by atoms with Gasteiger partial charge in [-0.2, -0.15) is 0 Å². The number of thiazole rings is 1. The minimum absolute atomic E-state index is 0.0947. The first kappa shape index (κ1) is 9.92. The first-order valence-electron chi connectivity index (χ1n) is 4.45. The molecule has 0 saturated heterocycles. The van der Waals surface area contributed by atoms with Crippen molar-refractivity contribution < 1.29 is 14.3 Å². The summed E-state index contributed by atoms with van der Waals surface area (Å²) >= 11 is 1.46. The highest BCUT2D eigenvalue weighted by atomic mass is 32.1. The largest absolute Gasteiger partial charge is 0.481 e. The van der Waals surface area contributed by atoms with E-state index in [1.165, 1.54) is 11.3 Å². The average molecular weight is 223 g/mol. The van der Waals surface area contributed by atoms with Gasteiger partial charge in [0.15, 0.2) is 0 Å². The second-order valence-electron chi connectivity index (χ2n) is 3.00. The second-order valence-corrected chi connectivity index (χ2v) is 3.85. The number of carbonyl (C=O) groups is 1. The zero-order chi connectivity index (χ0) is 10.7. The Balaban J connectivity index is 2.19. The number of hydrogen-bond donors (Lipinski definition) is 1. The van der Waals surface area contributed by atoms with Crippen LogP contribution in [0.25, 0.3) is 10.6 Å². The lowest BCUT2D eigenvalue weighted by Crippen LogP contribution is -1.98. The second kappa shape index (κ2) is 4.27. The zero-order valence-electron chi connectivity index (χ0n) is 7.84. The number of nitrogens with zero attached hydrogens (tertiary/aromatic N) is 1. The molecule has 0 unspecified atom stereocenters. The molecule has 0 bridgehead atoms. The molecule has 5 heteroatoms. The maximum absolute atomic E-state index is 10.4. The Morgan fingerprint density at radius 2 is 2.47 bits per heavy atom. The van der Waals surface area contributed by atoms with E-state index in [0.29, 0.717) is 6.42 Å². The summed E-state index contributed by atoms with van der Waals surface area (Å²) in [6.45, 7) is 0. The van der Waals surface area contributed by atoms with Crippen molar-refractivity contribution in [1.29, 1.82) is 0 Å². The highest BCUT2D eigenvalue weighted by Crippen LogP contribution is 2.28. The molecule has 0 fully saturated rings. The molecule has 0 aliphatic carbocycles. The fourth-order valence-electron chi connectivity index (χ4n) is 1.28. The Labute approximate surface area is 90.2 Å². The maximum atomic E-state index is 10.4. The van der Waals surface area contributed by atoms with Gasteiger partial charge in [0, 0.05) is 6.42 Å². The molecule has 78 valence electrons. The Morgan fingerprint density at radius 3 is 3.13 bits per heavy atom. The van der Waals surface area contributed by atoms with Gasteiger partial charge in [-0.25, -0.2) is 4.98 Å². The van der Waals surface area contributed by atoms with Gasteiger partial charge in [-0.3, -0.25) is 4.79 Å². The third-order valence-electron chi connectivity index (χ3n) is 1.96. The Kier molecular flexibility index (Phi) is 2.82. The lowest BCUT2D eigenvalue weighted by molar-refractivity contribution is -0.136. The average Bonchev–Trinajstić information content (AvgIpc) is 2.85. The van der Waals surface area contributed by atoms with Crippen molar-refractivity contribution >= 4 is 17.3 Å². The Morgan fingerprint density at radius 1 is 1.60 bits per heavy atom. The summed E-state index contributed by atoms with van der Waals surface area (Å²) in [5.41, 5.74) is 2.49. The summed E-state index contributed by atoms with van der Waals surface area (Å²) in [6.07, 6.45) is 2.13. The highest BCUT2D eigenvalue weighted by molar-refractivity contribution is 7.13. The monoisotopic (exact) mass is 223 g/mol. The van der Waals surface area contributed by atoms with E-state index in [1.54, 1.807) is 17.8 Å². The van der Waals surface area contributed by atoms with Crippen molar-refractivity contribution in [2.75, 3.05) is 0 Å². The van der Waals surface area contributed by atoms with E-state index in [0.717, 1.165) is 16.3 Å².